The van der Waals surface area contributed by atoms with Crippen LogP contribution in [-0.4, -0.2) is 28.2 Å². The van der Waals surface area contributed by atoms with Gasteiger partial charge in [0.1, 0.15) is 5.78 Å². The van der Waals surface area contributed by atoms with Crippen molar-refractivity contribution >= 4 is 5.78 Å². The summed E-state index contributed by atoms with van der Waals surface area (Å²) in [4.78, 5) is 10.9. The number of rotatable bonds is 1. The van der Waals surface area contributed by atoms with Crippen molar-refractivity contribution in [3.05, 3.63) is 0 Å². The zero-order valence-electron chi connectivity index (χ0n) is 6.66. The van der Waals surface area contributed by atoms with E-state index in [1.165, 1.54) is 6.92 Å². The van der Waals surface area contributed by atoms with Gasteiger partial charge in [-0.05, 0) is 26.2 Å². The molecular weight excluding hydrogens is 144 g/mol. The summed E-state index contributed by atoms with van der Waals surface area (Å²) in [5.41, 5.74) is 0. The quantitative estimate of drug-likeness (QED) is 0.569. The fraction of sp³-hybridized carbons (Fsp3) is 0.875. The number of hydrogen-bond donors (Lipinski definition) is 2. The highest BCUT2D eigenvalue weighted by Crippen LogP contribution is 2.25. The number of hydrogen-bond acceptors (Lipinski definition) is 3. The van der Waals surface area contributed by atoms with Gasteiger partial charge >= 0.3 is 0 Å². The van der Waals surface area contributed by atoms with Crippen LogP contribution in [0, 0.1) is 5.92 Å². The van der Waals surface area contributed by atoms with E-state index in [4.69, 9.17) is 5.11 Å². The Morgan fingerprint density at radius 1 is 1.36 bits per heavy atom. The normalized spacial score (nSPS) is 38.6. The molecule has 0 aromatic heterocycles. The number of aliphatic hydroxyl groups excluding tert-OH is 2. The summed E-state index contributed by atoms with van der Waals surface area (Å²) in [6.07, 6.45) is 0.570. The maximum atomic E-state index is 10.9. The lowest BCUT2D eigenvalue weighted by molar-refractivity contribution is -0.127. The summed E-state index contributed by atoms with van der Waals surface area (Å²) in [5, 5.41) is 18.4. The smallest absolute Gasteiger partial charge is 0.135 e. The van der Waals surface area contributed by atoms with Gasteiger partial charge in [0, 0.05) is 5.92 Å². The van der Waals surface area contributed by atoms with Crippen LogP contribution in [0.2, 0.25) is 0 Å². The molecule has 1 fully saturated rings. The predicted molar refractivity (Wildman–Crippen MR) is 40.0 cm³/mol. The molecule has 0 saturated heterocycles. The van der Waals surface area contributed by atoms with Crippen LogP contribution in [0.4, 0.5) is 0 Å². The van der Waals surface area contributed by atoms with Gasteiger partial charge in [-0.3, -0.25) is 4.79 Å². The highest BCUT2D eigenvalue weighted by Gasteiger charge is 2.30. The molecule has 0 bridgehead atoms. The zero-order valence-corrected chi connectivity index (χ0v) is 6.66. The van der Waals surface area contributed by atoms with E-state index in [0.29, 0.717) is 19.3 Å². The van der Waals surface area contributed by atoms with Crippen molar-refractivity contribution in [2.45, 2.75) is 38.4 Å². The molecule has 0 amide bonds. The van der Waals surface area contributed by atoms with Gasteiger partial charge in [-0.15, -0.1) is 0 Å². The standard InChI is InChI=1S/C8H14O3/c1-5(9)7-3-2-6(10)4-8(7)11/h6-8,10-11H,2-4H2,1H3. The molecule has 1 aliphatic carbocycles. The van der Waals surface area contributed by atoms with Gasteiger partial charge in [-0.1, -0.05) is 0 Å². The lowest BCUT2D eigenvalue weighted by Gasteiger charge is -2.28. The maximum Gasteiger partial charge on any atom is 0.135 e. The second kappa shape index (κ2) is 3.32. The molecule has 1 aliphatic rings. The van der Waals surface area contributed by atoms with Gasteiger partial charge in [-0.2, -0.15) is 0 Å². The van der Waals surface area contributed by atoms with E-state index in [1.807, 2.05) is 0 Å². The Morgan fingerprint density at radius 3 is 2.45 bits per heavy atom. The average molecular weight is 158 g/mol. The van der Waals surface area contributed by atoms with Crippen LogP contribution < -0.4 is 0 Å². The van der Waals surface area contributed by atoms with E-state index in [1.54, 1.807) is 0 Å². The predicted octanol–water partition coefficient (Wildman–Crippen LogP) is 0.0973. The van der Waals surface area contributed by atoms with Crippen molar-refractivity contribution in [3.63, 3.8) is 0 Å². The molecule has 0 spiro atoms. The topological polar surface area (TPSA) is 57.5 Å². The van der Waals surface area contributed by atoms with Crippen LogP contribution in [0.5, 0.6) is 0 Å². The number of carbonyl (C=O) groups is 1. The third-order valence-corrected chi connectivity index (χ3v) is 2.31. The van der Waals surface area contributed by atoms with Crippen LogP contribution in [0.3, 0.4) is 0 Å². The Hall–Kier alpha value is -0.410. The molecule has 1 rings (SSSR count). The minimum Gasteiger partial charge on any atom is -0.393 e. The molecule has 0 aromatic carbocycles. The average Bonchev–Trinajstić information content (AvgIpc) is 1.85. The lowest BCUT2D eigenvalue weighted by Crippen LogP contribution is -2.35. The molecule has 3 heteroatoms. The van der Waals surface area contributed by atoms with E-state index in [0.717, 1.165) is 0 Å². The summed E-state index contributed by atoms with van der Waals surface area (Å²) < 4.78 is 0. The van der Waals surface area contributed by atoms with Crippen LogP contribution in [0.1, 0.15) is 26.2 Å². The van der Waals surface area contributed by atoms with Gasteiger partial charge in [0.05, 0.1) is 12.2 Å². The fourth-order valence-electron chi connectivity index (χ4n) is 1.60. The minimum atomic E-state index is -0.628. The molecule has 0 aromatic rings. The van der Waals surface area contributed by atoms with Crippen LogP contribution in [-0.2, 0) is 4.79 Å². The molecular formula is C8H14O3. The molecule has 3 nitrogen and oxygen atoms in total. The Kier molecular flexibility index (Phi) is 2.62. The Morgan fingerprint density at radius 2 is 2.00 bits per heavy atom. The summed E-state index contributed by atoms with van der Waals surface area (Å²) in [6.45, 7) is 1.49. The van der Waals surface area contributed by atoms with Crippen molar-refractivity contribution in [1.29, 1.82) is 0 Å². The molecule has 0 aliphatic heterocycles. The van der Waals surface area contributed by atoms with E-state index in [9.17, 15) is 9.90 Å². The number of carbonyl (C=O) groups excluding carboxylic acids is 1. The van der Waals surface area contributed by atoms with E-state index in [2.05, 4.69) is 0 Å². The summed E-state index contributed by atoms with van der Waals surface area (Å²) >= 11 is 0. The Labute approximate surface area is 66.0 Å². The van der Waals surface area contributed by atoms with Crippen molar-refractivity contribution in [3.8, 4) is 0 Å². The Balaban J connectivity index is 2.50. The number of aliphatic hydroxyl groups is 2. The van der Waals surface area contributed by atoms with Crippen LogP contribution in [0.25, 0.3) is 0 Å². The Bertz CT molecular complexity index is 155. The summed E-state index contributed by atoms with van der Waals surface area (Å²) in [6, 6.07) is 0. The molecule has 11 heavy (non-hydrogen) atoms. The molecule has 0 radical (unpaired) electrons. The molecule has 3 unspecified atom stereocenters. The fourth-order valence-corrected chi connectivity index (χ4v) is 1.60. The first-order valence-electron chi connectivity index (χ1n) is 3.98. The highest BCUT2D eigenvalue weighted by atomic mass is 16.3. The van der Waals surface area contributed by atoms with Crippen molar-refractivity contribution < 1.29 is 15.0 Å². The largest absolute Gasteiger partial charge is 0.393 e. The third kappa shape index (κ3) is 2.01. The molecule has 3 atom stereocenters. The maximum absolute atomic E-state index is 10.9. The highest BCUT2D eigenvalue weighted by molar-refractivity contribution is 5.78. The first-order chi connectivity index (χ1) is 5.11. The SMILES string of the molecule is CC(=O)C1CCC(O)CC1O. The van der Waals surface area contributed by atoms with Crippen LogP contribution in [0.15, 0.2) is 0 Å². The van der Waals surface area contributed by atoms with E-state index in [-0.39, 0.29) is 11.7 Å². The zero-order chi connectivity index (χ0) is 8.43. The van der Waals surface area contributed by atoms with Crippen LogP contribution >= 0.6 is 0 Å². The van der Waals surface area contributed by atoms with E-state index >= 15 is 0 Å². The van der Waals surface area contributed by atoms with Crippen molar-refractivity contribution in [1.82, 2.24) is 0 Å². The molecule has 2 N–H and O–H groups in total. The monoisotopic (exact) mass is 158 g/mol. The number of ketones is 1. The van der Waals surface area contributed by atoms with Gasteiger partial charge in [0.25, 0.3) is 0 Å². The second-order valence-electron chi connectivity index (χ2n) is 3.25. The lowest BCUT2D eigenvalue weighted by atomic mass is 9.83. The third-order valence-electron chi connectivity index (χ3n) is 2.31. The van der Waals surface area contributed by atoms with Gasteiger partial charge in [0.2, 0.25) is 0 Å². The van der Waals surface area contributed by atoms with Gasteiger partial charge in [-0.25, -0.2) is 0 Å². The first kappa shape index (κ1) is 8.68. The molecule has 64 valence electrons. The van der Waals surface area contributed by atoms with E-state index < -0.39 is 12.2 Å². The second-order valence-corrected chi connectivity index (χ2v) is 3.25. The van der Waals surface area contributed by atoms with Gasteiger partial charge < -0.3 is 10.2 Å². The summed E-state index contributed by atoms with van der Waals surface area (Å²) in [5.74, 6) is -0.206. The van der Waals surface area contributed by atoms with Crippen molar-refractivity contribution in [2.75, 3.05) is 0 Å². The first-order valence-corrected chi connectivity index (χ1v) is 3.98. The summed E-state index contributed by atoms with van der Waals surface area (Å²) in [7, 11) is 0. The van der Waals surface area contributed by atoms with Crippen molar-refractivity contribution in [2.24, 2.45) is 5.92 Å². The molecule has 0 heterocycles. The number of Topliss-reactive ketones (excluding diaryl/α,β-unsaturated/α-hetero) is 1. The van der Waals surface area contributed by atoms with Gasteiger partial charge in [0.15, 0.2) is 0 Å². The minimum absolute atomic E-state index is 0.0319. The molecule has 1 saturated carbocycles.